The second-order valence-electron chi connectivity index (χ2n) is 11.0. The number of carbonyl (C=O) groups is 4. The van der Waals surface area contributed by atoms with Gasteiger partial charge in [-0.2, -0.15) is 0 Å². The van der Waals surface area contributed by atoms with Gasteiger partial charge in [0.2, 0.25) is 11.8 Å². The molecule has 3 aromatic rings. The molecule has 2 fully saturated rings. The summed E-state index contributed by atoms with van der Waals surface area (Å²) in [6.45, 7) is 5.37. The third kappa shape index (κ3) is 7.38. The maximum absolute atomic E-state index is 13.4. The molecule has 0 aliphatic carbocycles. The Hall–Kier alpha value is -5.03. The van der Waals surface area contributed by atoms with Gasteiger partial charge in [-0.25, -0.2) is 9.59 Å². The van der Waals surface area contributed by atoms with Crippen LogP contribution in [-0.4, -0.2) is 91.0 Å². The number of anilines is 1. The van der Waals surface area contributed by atoms with Crippen LogP contribution in [0.2, 0.25) is 0 Å². The highest BCUT2D eigenvalue weighted by Crippen LogP contribution is 2.26. The van der Waals surface area contributed by atoms with E-state index in [1.165, 1.54) is 9.80 Å². The van der Waals surface area contributed by atoms with Gasteiger partial charge in [0, 0.05) is 30.9 Å². The van der Waals surface area contributed by atoms with Gasteiger partial charge in [-0.1, -0.05) is 60.7 Å². The van der Waals surface area contributed by atoms with Crippen LogP contribution in [0.4, 0.5) is 10.5 Å². The minimum absolute atomic E-state index is 0.0497. The number of nitrogens with one attached hydrogen (secondary N) is 2. The first-order valence-corrected chi connectivity index (χ1v) is 15.0. The molecule has 2 aliphatic rings. The van der Waals surface area contributed by atoms with Crippen LogP contribution < -0.4 is 10.2 Å². The Kier molecular flexibility index (Phi) is 9.89. The topological polar surface area (TPSA) is 132 Å². The number of cyclic esters (lactones) is 1. The van der Waals surface area contributed by atoms with E-state index in [1.54, 1.807) is 38.1 Å². The summed E-state index contributed by atoms with van der Waals surface area (Å²) >= 11 is 0. The molecule has 2 heterocycles. The van der Waals surface area contributed by atoms with Crippen LogP contribution in [0.5, 0.6) is 0 Å². The molecule has 234 valence electrons. The van der Waals surface area contributed by atoms with E-state index in [0.29, 0.717) is 37.4 Å². The van der Waals surface area contributed by atoms with Crippen molar-refractivity contribution in [2.75, 3.05) is 44.2 Å². The monoisotopic (exact) mass is 611 g/mol. The van der Waals surface area contributed by atoms with E-state index in [2.05, 4.69) is 5.32 Å². The van der Waals surface area contributed by atoms with E-state index in [1.807, 2.05) is 65.6 Å². The quantitative estimate of drug-likeness (QED) is 0.204. The first kappa shape index (κ1) is 31.4. The highest BCUT2D eigenvalue weighted by atomic mass is 16.6. The number of piperazine rings is 1. The number of ether oxygens (including phenoxy) is 2. The molecular formula is C34H37N5O6. The molecule has 2 unspecified atom stereocenters. The van der Waals surface area contributed by atoms with E-state index in [0.717, 1.165) is 11.1 Å². The molecule has 0 radical (unpaired) electrons. The lowest BCUT2D eigenvalue weighted by molar-refractivity contribution is -0.156. The lowest BCUT2D eigenvalue weighted by atomic mass is 9.90. The van der Waals surface area contributed by atoms with E-state index >= 15 is 0 Å². The van der Waals surface area contributed by atoms with Crippen molar-refractivity contribution in [3.8, 4) is 0 Å². The average molecular weight is 612 g/mol. The standard InChI is InChI=1S/C34H37N5O6/c1-3-44-33(42)23(2)38-19-18-37(22-29(38)40)20-28-21-39(34(43)45-28)27-16-14-26(15-17-27)31(35)36-32(41)30(24-10-6-4-7-11-24)25-12-8-5-9-13-25/h4-17,23,28,30H,3,18-22H2,1-2H3,(H2,35,36,41). The number of hydrogen-bond donors (Lipinski definition) is 2. The van der Waals surface area contributed by atoms with Crippen LogP contribution in [-0.2, 0) is 23.9 Å². The molecule has 11 nitrogen and oxygen atoms in total. The largest absolute Gasteiger partial charge is 0.464 e. The molecule has 2 N–H and O–H groups in total. The van der Waals surface area contributed by atoms with Crippen molar-refractivity contribution in [1.82, 2.24) is 15.1 Å². The highest BCUT2D eigenvalue weighted by Gasteiger charge is 2.37. The maximum atomic E-state index is 13.4. The van der Waals surface area contributed by atoms with Crippen molar-refractivity contribution < 1.29 is 28.7 Å². The number of rotatable bonds is 10. The third-order valence-electron chi connectivity index (χ3n) is 8.01. The van der Waals surface area contributed by atoms with Crippen molar-refractivity contribution in [3.05, 3.63) is 102 Å². The van der Waals surface area contributed by atoms with Crippen molar-refractivity contribution in [1.29, 1.82) is 5.41 Å². The summed E-state index contributed by atoms with van der Waals surface area (Å²) in [7, 11) is 0. The Morgan fingerprint density at radius 1 is 0.956 bits per heavy atom. The molecule has 0 aromatic heterocycles. The Balaban J connectivity index is 1.17. The summed E-state index contributed by atoms with van der Waals surface area (Å²) < 4.78 is 10.6. The number of amides is 3. The molecule has 3 aromatic carbocycles. The van der Waals surface area contributed by atoms with Crippen LogP contribution in [0.25, 0.3) is 0 Å². The fraction of sp³-hybridized carbons (Fsp3) is 0.324. The first-order valence-electron chi connectivity index (χ1n) is 15.0. The Labute approximate surface area is 262 Å². The van der Waals surface area contributed by atoms with Gasteiger partial charge in [-0.15, -0.1) is 0 Å². The molecule has 0 spiro atoms. The predicted octanol–water partition coefficient (Wildman–Crippen LogP) is 3.38. The number of esters is 1. The lowest BCUT2D eigenvalue weighted by Gasteiger charge is -2.37. The van der Waals surface area contributed by atoms with Crippen LogP contribution >= 0.6 is 0 Å². The first-order chi connectivity index (χ1) is 21.7. The van der Waals surface area contributed by atoms with Crippen LogP contribution in [0.15, 0.2) is 84.9 Å². The van der Waals surface area contributed by atoms with Gasteiger partial charge in [0.25, 0.3) is 0 Å². The lowest BCUT2D eigenvalue weighted by Crippen LogP contribution is -2.56. The summed E-state index contributed by atoms with van der Waals surface area (Å²) in [4.78, 5) is 55.9. The van der Waals surface area contributed by atoms with Gasteiger partial charge < -0.3 is 19.7 Å². The number of nitrogens with zero attached hydrogens (tertiary/aromatic N) is 3. The van der Waals surface area contributed by atoms with E-state index < -0.39 is 30.1 Å². The molecule has 0 bridgehead atoms. The SMILES string of the molecule is CCOC(=O)C(C)N1CCN(CC2CN(c3ccc(C(=N)NC(=O)C(c4ccccc4)c4ccccc4)cc3)C(=O)O2)CC1=O. The van der Waals surface area contributed by atoms with E-state index in [-0.39, 0.29) is 30.8 Å². The molecule has 2 atom stereocenters. The second-order valence-corrected chi connectivity index (χ2v) is 11.0. The van der Waals surface area contributed by atoms with Gasteiger partial charge >= 0.3 is 12.1 Å². The van der Waals surface area contributed by atoms with Crippen LogP contribution in [0.1, 0.15) is 36.5 Å². The predicted molar refractivity (Wildman–Crippen MR) is 168 cm³/mol. The normalized spacial score (nSPS) is 17.6. The third-order valence-corrected chi connectivity index (χ3v) is 8.01. The summed E-state index contributed by atoms with van der Waals surface area (Å²) in [5.41, 5.74) is 2.73. The Morgan fingerprint density at radius 3 is 2.16 bits per heavy atom. The van der Waals surface area contributed by atoms with Gasteiger partial charge in [0.15, 0.2) is 0 Å². The minimum atomic E-state index is -0.647. The molecular weight excluding hydrogens is 574 g/mol. The van der Waals surface area contributed by atoms with Crippen LogP contribution in [0, 0.1) is 5.41 Å². The molecule has 45 heavy (non-hydrogen) atoms. The van der Waals surface area contributed by atoms with Crippen molar-refractivity contribution in [2.24, 2.45) is 0 Å². The molecule has 0 saturated carbocycles. The molecule has 3 amide bonds. The van der Waals surface area contributed by atoms with Crippen molar-refractivity contribution >= 4 is 35.4 Å². The average Bonchev–Trinajstić information content (AvgIpc) is 3.41. The van der Waals surface area contributed by atoms with Crippen LogP contribution in [0.3, 0.4) is 0 Å². The Bertz CT molecular complexity index is 1490. The fourth-order valence-electron chi connectivity index (χ4n) is 5.67. The summed E-state index contributed by atoms with van der Waals surface area (Å²) in [5, 5.41) is 11.3. The number of carbonyl (C=O) groups excluding carboxylic acids is 4. The van der Waals surface area contributed by atoms with E-state index in [9.17, 15) is 19.2 Å². The molecule has 2 aliphatic heterocycles. The zero-order chi connectivity index (χ0) is 31.9. The number of amidine groups is 1. The van der Waals surface area contributed by atoms with E-state index in [4.69, 9.17) is 14.9 Å². The van der Waals surface area contributed by atoms with Gasteiger partial charge in [-0.05, 0) is 49.2 Å². The summed E-state index contributed by atoms with van der Waals surface area (Å²) in [6.07, 6.45) is -0.935. The second kappa shape index (κ2) is 14.2. The van der Waals surface area contributed by atoms with Gasteiger partial charge in [-0.3, -0.25) is 24.8 Å². The highest BCUT2D eigenvalue weighted by molar-refractivity contribution is 6.08. The fourth-order valence-corrected chi connectivity index (χ4v) is 5.67. The molecule has 2 saturated heterocycles. The van der Waals surface area contributed by atoms with Crippen molar-refractivity contribution in [3.63, 3.8) is 0 Å². The maximum Gasteiger partial charge on any atom is 0.414 e. The van der Waals surface area contributed by atoms with Gasteiger partial charge in [0.05, 0.1) is 25.6 Å². The molecule has 5 rings (SSSR count). The summed E-state index contributed by atoms with van der Waals surface area (Å²) in [6, 6.07) is 25.0. The molecule has 11 heteroatoms. The van der Waals surface area contributed by atoms with Crippen molar-refractivity contribution in [2.45, 2.75) is 31.9 Å². The number of hydrogen-bond acceptors (Lipinski definition) is 8. The Morgan fingerprint density at radius 2 is 1.58 bits per heavy atom. The summed E-state index contributed by atoms with van der Waals surface area (Å²) in [5.74, 6) is -1.55. The zero-order valence-electron chi connectivity index (χ0n) is 25.3. The smallest absolute Gasteiger partial charge is 0.414 e. The zero-order valence-corrected chi connectivity index (χ0v) is 25.3. The van der Waals surface area contributed by atoms with Gasteiger partial charge in [0.1, 0.15) is 18.0 Å². The minimum Gasteiger partial charge on any atom is -0.464 e. The number of benzene rings is 3.